The van der Waals surface area contributed by atoms with Crippen LogP contribution in [0.15, 0.2) is 206 Å². The molecule has 0 aliphatic carbocycles. The van der Waals surface area contributed by atoms with Crippen molar-refractivity contribution in [2.75, 3.05) is 0 Å². The molecule has 8 nitrogen and oxygen atoms in total. The van der Waals surface area contributed by atoms with Gasteiger partial charge in [-0.15, -0.1) is 22.7 Å². The van der Waals surface area contributed by atoms with Gasteiger partial charge in [0.1, 0.15) is 23.0 Å². The van der Waals surface area contributed by atoms with Gasteiger partial charge in [-0.3, -0.25) is 0 Å². The summed E-state index contributed by atoms with van der Waals surface area (Å²) in [5.41, 5.74) is 10.1. The van der Waals surface area contributed by atoms with Crippen molar-refractivity contribution in [1.29, 1.82) is 0 Å². The van der Waals surface area contributed by atoms with Gasteiger partial charge in [0, 0.05) is 52.9 Å². The standard InChI is InChI=1S/C64H44O8S2/c1-37-51(35-57(73-37)41-13-31-55-53(33-41)61(69)71-63(55,43-15-23-47(65)24-16-43)44-17-25-48(66)26-18-44)59(39-9-5-3-6-10-39)60(40-11-7-4-8-12-40)52-36-58(74-38(52)2)42-14-32-56-54(34-42)62(70)72-64(56,45-19-27-49(67)28-20-45)46-21-29-50(68)30-22-46/h3-36,65-68H,1-2H3/b60-59+. The van der Waals surface area contributed by atoms with Crippen molar-refractivity contribution in [2.24, 2.45) is 0 Å². The minimum atomic E-state index is -1.32. The fourth-order valence-corrected chi connectivity index (χ4v) is 12.7. The Morgan fingerprint density at radius 3 is 1.01 bits per heavy atom. The summed E-state index contributed by atoms with van der Waals surface area (Å²) < 4.78 is 12.8. The predicted molar refractivity (Wildman–Crippen MR) is 290 cm³/mol. The summed E-state index contributed by atoms with van der Waals surface area (Å²) >= 11 is 3.30. The van der Waals surface area contributed by atoms with Crippen LogP contribution in [-0.2, 0) is 20.7 Å². The zero-order valence-corrected chi connectivity index (χ0v) is 41.5. The summed E-state index contributed by atoms with van der Waals surface area (Å²) in [7, 11) is 0. The lowest BCUT2D eigenvalue weighted by molar-refractivity contribution is 0.0242. The number of hydrogen-bond donors (Lipinski definition) is 4. The van der Waals surface area contributed by atoms with E-state index in [1.807, 2.05) is 72.8 Å². The number of aryl methyl sites for hydroxylation is 2. The van der Waals surface area contributed by atoms with Gasteiger partial charge in [0.25, 0.3) is 0 Å². The van der Waals surface area contributed by atoms with Crippen molar-refractivity contribution in [2.45, 2.75) is 25.0 Å². The highest BCUT2D eigenvalue weighted by Gasteiger charge is 2.50. The molecule has 0 saturated carbocycles. The van der Waals surface area contributed by atoms with Crippen molar-refractivity contribution in [3.05, 3.63) is 283 Å². The zero-order valence-electron chi connectivity index (χ0n) is 39.9. The largest absolute Gasteiger partial charge is 0.508 e. The smallest absolute Gasteiger partial charge is 0.340 e. The van der Waals surface area contributed by atoms with E-state index in [1.165, 1.54) is 0 Å². The van der Waals surface area contributed by atoms with Crippen molar-refractivity contribution < 1.29 is 39.5 Å². The molecule has 360 valence electrons. The van der Waals surface area contributed by atoms with Gasteiger partial charge < -0.3 is 29.9 Å². The lowest BCUT2D eigenvalue weighted by Crippen LogP contribution is -2.29. The average molecular weight is 1010 g/mol. The van der Waals surface area contributed by atoms with E-state index in [0.717, 1.165) is 64.0 Å². The Balaban J connectivity index is 0.989. The van der Waals surface area contributed by atoms with Crippen LogP contribution in [0.3, 0.4) is 0 Å². The second-order valence-electron chi connectivity index (χ2n) is 18.5. The second-order valence-corrected chi connectivity index (χ2v) is 21.0. The number of phenols is 4. The number of rotatable bonds is 10. The Kier molecular flexibility index (Phi) is 11.2. The Morgan fingerprint density at radius 2 is 0.703 bits per heavy atom. The molecule has 0 fully saturated rings. The van der Waals surface area contributed by atoms with Crippen LogP contribution >= 0.6 is 22.7 Å². The molecule has 0 spiro atoms. The van der Waals surface area contributed by atoms with Crippen LogP contribution in [-0.4, -0.2) is 32.4 Å². The fourth-order valence-electron chi connectivity index (χ4n) is 10.6. The number of carbonyl (C=O) groups excluding carboxylic acids is 2. The SMILES string of the molecule is Cc1sc(-c2ccc3c(c2)C(=O)OC3(c2ccc(O)cc2)c2ccc(O)cc2)cc1/C(=C(\c1ccccc1)c1cc(-c2ccc3c(c2)C(=O)OC3(c2ccc(O)cc2)c2ccc(O)cc2)sc1C)c1ccccc1. The van der Waals surface area contributed by atoms with Crippen molar-refractivity contribution in [3.63, 3.8) is 0 Å². The van der Waals surface area contributed by atoms with E-state index in [1.54, 1.807) is 120 Å². The average Bonchev–Trinajstić information content (AvgIpc) is 4.20. The number of ether oxygens (including phenoxy) is 2. The molecule has 4 N–H and O–H groups in total. The van der Waals surface area contributed by atoms with E-state index < -0.39 is 23.1 Å². The third kappa shape index (κ3) is 7.57. The van der Waals surface area contributed by atoms with E-state index in [-0.39, 0.29) is 23.0 Å². The molecule has 2 aliphatic rings. The highest BCUT2D eigenvalue weighted by molar-refractivity contribution is 7.16. The van der Waals surface area contributed by atoms with Crippen LogP contribution in [0.1, 0.15) is 86.1 Å². The van der Waals surface area contributed by atoms with Gasteiger partial charge in [-0.25, -0.2) is 9.59 Å². The van der Waals surface area contributed by atoms with Gasteiger partial charge in [-0.2, -0.15) is 0 Å². The van der Waals surface area contributed by atoms with E-state index in [4.69, 9.17) is 9.47 Å². The van der Waals surface area contributed by atoms with Gasteiger partial charge in [-0.05, 0) is 131 Å². The number of fused-ring (bicyclic) bond motifs is 2. The summed E-state index contributed by atoms with van der Waals surface area (Å²) in [6.45, 7) is 4.26. The lowest BCUT2D eigenvalue weighted by Gasteiger charge is -2.30. The van der Waals surface area contributed by atoms with Crippen molar-refractivity contribution in [1.82, 2.24) is 0 Å². The molecule has 10 aromatic rings. The number of benzene rings is 8. The third-order valence-corrected chi connectivity index (χ3v) is 16.3. The molecule has 74 heavy (non-hydrogen) atoms. The molecule has 0 unspecified atom stereocenters. The minimum absolute atomic E-state index is 0.0857. The Hall–Kier alpha value is -8.96. The molecule has 4 heterocycles. The highest BCUT2D eigenvalue weighted by atomic mass is 32.1. The third-order valence-electron chi connectivity index (χ3n) is 14.1. The van der Waals surface area contributed by atoms with Gasteiger partial charge in [-0.1, -0.05) is 133 Å². The number of phenolic OH excluding ortho intramolecular Hbond substituents is 4. The Morgan fingerprint density at radius 1 is 0.392 bits per heavy atom. The van der Waals surface area contributed by atoms with Gasteiger partial charge in [0.05, 0.1) is 11.1 Å². The molecule has 0 amide bonds. The molecular formula is C64H44O8S2. The van der Waals surface area contributed by atoms with Crippen LogP contribution in [0.5, 0.6) is 23.0 Å². The first kappa shape index (κ1) is 46.1. The summed E-state index contributed by atoms with van der Waals surface area (Å²) in [4.78, 5) is 32.3. The monoisotopic (exact) mass is 1000 g/mol. The van der Waals surface area contributed by atoms with E-state index in [2.05, 4.69) is 50.2 Å². The summed E-state index contributed by atoms with van der Waals surface area (Å²) in [6, 6.07) is 63.5. The molecule has 0 saturated heterocycles. The number of cyclic esters (lactones) is 2. The first-order valence-corrected chi connectivity index (χ1v) is 25.6. The zero-order chi connectivity index (χ0) is 50.9. The Labute approximate surface area is 434 Å². The predicted octanol–water partition coefficient (Wildman–Crippen LogP) is 14.5. The topological polar surface area (TPSA) is 134 Å². The fraction of sp³-hybridized carbons (Fsp3) is 0.0625. The van der Waals surface area contributed by atoms with Gasteiger partial charge in [0.2, 0.25) is 0 Å². The maximum absolute atomic E-state index is 14.1. The van der Waals surface area contributed by atoms with Gasteiger partial charge in [0.15, 0.2) is 11.2 Å². The molecule has 0 bridgehead atoms. The number of aromatic hydroxyl groups is 4. The molecule has 8 aromatic carbocycles. The molecule has 10 heteroatoms. The number of esters is 2. The van der Waals surface area contributed by atoms with Crippen LogP contribution < -0.4 is 0 Å². The minimum Gasteiger partial charge on any atom is -0.508 e. The van der Waals surface area contributed by atoms with Crippen LogP contribution in [0.4, 0.5) is 0 Å². The molecule has 0 radical (unpaired) electrons. The lowest BCUT2D eigenvalue weighted by atomic mass is 9.79. The highest BCUT2D eigenvalue weighted by Crippen LogP contribution is 2.52. The summed E-state index contributed by atoms with van der Waals surface area (Å²) in [6.07, 6.45) is 0. The second kappa shape index (κ2) is 18.0. The molecule has 2 aromatic heterocycles. The van der Waals surface area contributed by atoms with E-state index in [0.29, 0.717) is 44.5 Å². The maximum atomic E-state index is 14.1. The summed E-state index contributed by atoms with van der Waals surface area (Å²) in [5, 5.41) is 40.9. The first-order chi connectivity index (χ1) is 35.9. The number of carbonyl (C=O) groups is 2. The van der Waals surface area contributed by atoms with Crippen molar-refractivity contribution >= 4 is 45.8 Å². The van der Waals surface area contributed by atoms with Gasteiger partial charge >= 0.3 is 11.9 Å². The number of thiophene rings is 2. The maximum Gasteiger partial charge on any atom is 0.340 e. The van der Waals surface area contributed by atoms with E-state index in [9.17, 15) is 30.0 Å². The summed E-state index contributed by atoms with van der Waals surface area (Å²) in [5.74, 6) is -0.619. The van der Waals surface area contributed by atoms with Crippen LogP contribution in [0.25, 0.3) is 32.0 Å². The van der Waals surface area contributed by atoms with Crippen LogP contribution in [0.2, 0.25) is 0 Å². The molecule has 0 atom stereocenters. The number of hydrogen-bond acceptors (Lipinski definition) is 10. The normalized spacial score (nSPS) is 14.5. The first-order valence-electron chi connectivity index (χ1n) is 23.9. The van der Waals surface area contributed by atoms with E-state index >= 15 is 0 Å². The van der Waals surface area contributed by atoms with Crippen LogP contribution in [0, 0.1) is 13.8 Å². The van der Waals surface area contributed by atoms with Crippen molar-refractivity contribution in [3.8, 4) is 43.9 Å². The molecule has 2 aliphatic heterocycles. The molecular weight excluding hydrogens is 961 g/mol. The Bertz CT molecular complexity index is 3510. The molecule has 12 rings (SSSR count). The quantitative estimate of drug-likeness (QED) is 0.0786.